The topological polar surface area (TPSA) is 64.5 Å². The van der Waals surface area contributed by atoms with E-state index in [1.807, 2.05) is 314 Å². The van der Waals surface area contributed by atoms with Crippen LogP contribution in [0.15, 0.2) is 352 Å². The van der Waals surface area contributed by atoms with E-state index in [4.69, 9.17) is 19.9 Å². The van der Waals surface area contributed by atoms with Gasteiger partial charge in [0.05, 0.1) is 34.2 Å². The second-order valence-corrected chi connectivity index (χ2v) is 28.0. The van der Waals surface area contributed by atoms with Crippen molar-refractivity contribution in [2.75, 3.05) is 19.6 Å². The Morgan fingerprint density at radius 1 is 0.226 bits per heavy atom. The third-order valence-electron chi connectivity index (χ3n) is 19.6. The molecule has 12 aromatic carbocycles. The molecule has 0 radical (unpaired) electrons. The summed E-state index contributed by atoms with van der Waals surface area (Å²) < 4.78 is 120. The van der Waals surface area contributed by atoms with Crippen LogP contribution in [0.2, 0.25) is 0 Å². The summed E-state index contributed by atoms with van der Waals surface area (Å²) in [5.41, 5.74) is 10.4. The zero-order valence-corrected chi connectivity index (χ0v) is 64.7. The van der Waals surface area contributed by atoms with Gasteiger partial charge in [-0.05, 0) is 197 Å². The number of hydrogen-bond donors (Lipinski definition) is 0. The maximum atomic E-state index is 15.7. The van der Waals surface area contributed by atoms with Gasteiger partial charge in [0, 0.05) is 126 Å². The second kappa shape index (κ2) is 34.3. The Labute approximate surface area is 676 Å². The van der Waals surface area contributed by atoms with Crippen LogP contribution in [0.4, 0.5) is 103 Å². The molecule has 0 aliphatic rings. The molecule has 0 bridgehead atoms. The number of rotatable bonds is 20. The molecule has 0 N–H and O–H groups in total. The normalized spacial score (nSPS) is 11.2. The summed E-state index contributed by atoms with van der Waals surface area (Å²) in [7, 11) is 0. The Morgan fingerprint density at radius 3 is 0.652 bits per heavy atom. The standard InChI is InChI=1S/C49H36F4N4.C49H34F4N4.Pt/c2*1-49(2,47-31-39(29-45(54-47)41-25-23-33(50)27-43(41)52)56(35-15-7-3-8-16-35)36-17-9-4-10-18-36)48-32-40(30-46(55-48)42-26-24-34(51)28-44(42)53)57(37-19-11-5-12-20-37)38-21-13-6-14-22-38;/h3-32H,1-2H3;3-24,27-32H,1-2H3;/q;-2;+2. The van der Waals surface area contributed by atoms with Crippen molar-refractivity contribution in [1.29, 1.82) is 0 Å². The number of hydrogen-bond acceptors (Lipinski definition) is 8. The summed E-state index contributed by atoms with van der Waals surface area (Å²) in [5.74, 6) is -6.08. The van der Waals surface area contributed by atoms with E-state index < -0.39 is 57.4 Å². The van der Waals surface area contributed by atoms with Gasteiger partial charge in [-0.15, -0.1) is 24.3 Å². The third kappa shape index (κ3) is 17.2. The molecule has 115 heavy (non-hydrogen) atoms. The molecule has 0 saturated carbocycles. The molecule has 17 heteroatoms. The van der Waals surface area contributed by atoms with Gasteiger partial charge in [-0.25, -0.2) is 17.6 Å². The van der Waals surface area contributed by atoms with E-state index in [0.29, 0.717) is 45.5 Å². The zero-order chi connectivity index (χ0) is 79.0. The number of benzene rings is 12. The quantitative estimate of drug-likeness (QED) is 0.0552. The van der Waals surface area contributed by atoms with Crippen molar-refractivity contribution in [3.63, 3.8) is 0 Å². The molecule has 0 saturated heterocycles. The van der Waals surface area contributed by atoms with E-state index in [1.165, 1.54) is 24.3 Å². The minimum Gasteiger partial charge on any atom is -0.311 e. The Bertz CT molecular complexity index is 5170. The van der Waals surface area contributed by atoms with Crippen molar-refractivity contribution < 1.29 is 56.2 Å². The molecule has 0 fully saturated rings. The summed E-state index contributed by atoms with van der Waals surface area (Å²) in [5, 5.41) is 0. The van der Waals surface area contributed by atoms with Crippen LogP contribution < -0.4 is 19.6 Å². The maximum Gasteiger partial charge on any atom is 2.00 e. The Balaban J connectivity index is 0.000000188. The van der Waals surface area contributed by atoms with Gasteiger partial charge in [0.2, 0.25) is 0 Å². The molecule has 4 aromatic heterocycles. The van der Waals surface area contributed by atoms with Gasteiger partial charge in [-0.1, -0.05) is 181 Å². The van der Waals surface area contributed by atoms with Crippen LogP contribution in [-0.2, 0) is 31.9 Å². The van der Waals surface area contributed by atoms with Gasteiger partial charge in [0.1, 0.15) is 23.3 Å². The summed E-state index contributed by atoms with van der Waals surface area (Å²) in [6.07, 6.45) is 0. The Kier molecular flexibility index (Phi) is 23.3. The molecule has 16 rings (SSSR count). The van der Waals surface area contributed by atoms with Crippen molar-refractivity contribution in [3.05, 3.63) is 433 Å². The molecule has 0 aliphatic carbocycles. The van der Waals surface area contributed by atoms with Crippen LogP contribution in [0.5, 0.6) is 0 Å². The van der Waals surface area contributed by atoms with Crippen LogP contribution in [0.3, 0.4) is 0 Å². The summed E-state index contributed by atoms with van der Waals surface area (Å²) in [6.45, 7) is 7.76. The summed E-state index contributed by atoms with van der Waals surface area (Å²) in [6, 6.07) is 109. The molecule has 8 nitrogen and oxygen atoms in total. The van der Waals surface area contributed by atoms with E-state index in [-0.39, 0.29) is 66.1 Å². The monoisotopic (exact) mass is 1710 g/mol. The molecule has 16 aromatic rings. The number of nitrogens with zero attached hydrogens (tertiary/aromatic N) is 8. The van der Waals surface area contributed by atoms with Crippen molar-refractivity contribution in [2.24, 2.45) is 0 Å². The Hall–Kier alpha value is -13.4. The largest absolute Gasteiger partial charge is 2.00 e. The van der Waals surface area contributed by atoms with E-state index in [2.05, 4.69) is 12.1 Å². The molecule has 0 spiro atoms. The van der Waals surface area contributed by atoms with Crippen LogP contribution >= 0.6 is 0 Å². The predicted molar refractivity (Wildman–Crippen MR) is 439 cm³/mol. The summed E-state index contributed by atoms with van der Waals surface area (Å²) >= 11 is 0. The van der Waals surface area contributed by atoms with E-state index in [0.717, 1.165) is 81.9 Å². The van der Waals surface area contributed by atoms with Gasteiger partial charge in [-0.2, -0.15) is 0 Å². The Morgan fingerprint density at radius 2 is 0.435 bits per heavy atom. The minimum absolute atomic E-state index is 0. The summed E-state index contributed by atoms with van der Waals surface area (Å²) in [4.78, 5) is 28.3. The molecular weight excluding hydrogens is 1640 g/mol. The maximum absolute atomic E-state index is 15.7. The first-order valence-electron chi connectivity index (χ1n) is 36.7. The van der Waals surface area contributed by atoms with Crippen LogP contribution in [-0.4, -0.2) is 19.9 Å². The van der Waals surface area contributed by atoms with Crippen molar-refractivity contribution in [2.45, 2.75) is 38.5 Å². The van der Waals surface area contributed by atoms with E-state index in [1.54, 1.807) is 24.3 Å². The first kappa shape index (κ1) is 78.3. The average Bonchev–Trinajstić information content (AvgIpc) is 0.758. The molecule has 0 amide bonds. The number of aromatic nitrogens is 4. The van der Waals surface area contributed by atoms with Gasteiger partial charge in [0.25, 0.3) is 0 Å². The fourth-order valence-electron chi connectivity index (χ4n) is 13.7. The number of halogens is 8. The van der Waals surface area contributed by atoms with Gasteiger partial charge < -0.3 is 29.6 Å². The predicted octanol–water partition coefficient (Wildman–Crippen LogP) is 26.9. The molecule has 0 unspecified atom stereocenters. The molecule has 568 valence electrons. The molecule has 4 heterocycles. The fraction of sp³-hybridized carbons (Fsp3) is 0.0612. The van der Waals surface area contributed by atoms with E-state index >= 15 is 17.6 Å². The number of para-hydroxylation sites is 8. The zero-order valence-electron chi connectivity index (χ0n) is 62.4. The number of pyridine rings is 4. The van der Waals surface area contributed by atoms with Crippen molar-refractivity contribution in [3.8, 4) is 45.0 Å². The van der Waals surface area contributed by atoms with Crippen LogP contribution in [0.1, 0.15) is 50.5 Å². The number of anilines is 12. The average molecular weight is 1710 g/mol. The van der Waals surface area contributed by atoms with Gasteiger partial charge in [0.15, 0.2) is 0 Å². The first-order valence-corrected chi connectivity index (χ1v) is 36.7. The van der Waals surface area contributed by atoms with Crippen LogP contribution in [0.25, 0.3) is 45.0 Å². The second-order valence-electron chi connectivity index (χ2n) is 28.0. The third-order valence-corrected chi connectivity index (χ3v) is 19.6. The minimum atomic E-state index is -1.05. The van der Waals surface area contributed by atoms with Crippen molar-refractivity contribution in [1.82, 2.24) is 19.9 Å². The fourth-order valence-corrected chi connectivity index (χ4v) is 13.7. The molecule has 0 atom stereocenters. The van der Waals surface area contributed by atoms with Gasteiger partial charge in [-0.3, -0.25) is 27.5 Å². The molecule has 0 aliphatic heterocycles. The van der Waals surface area contributed by atoms with Crippen molar-refractivity contribution >= 4 is 68.2 Å². The van der Waals surface area contributed by atoms with E-state index in [9.17, 15) is 17.6 Å². The first-order chi connectivity index (χ1) is 55.3. The van der Waals surface area contributed by atoms with Gasteiger partial charge >= 0.3 is 21.1 Å². The van der Waals surface area contributed by atoms with Crippen LogP contribution in [0, 0.1) is 58.7 Å². The molecular formula is C98H70F8N8Pt. The smallest absolute Gasteiger partial charge is 0.311 e. The SMILES string of the molecule is CC(C)(c1cc(N(c2ccccc2)c2ccccc2)cc(-c2[c-]cc(F)cc2F)n1)c1cc(N(c2ccccc2)c2ccccc2)cc(-c2[c-]cc(F)cc2F)n1.CC(C)(c1cc(N(c2ccccc2)c2ccccc2)cc(-c2ccc(F)cc2F)n1)c1cc(N(c2ccccc2)c2ccccc2)cc(-c2ccc(F)cc2F)n1.[Pt+2].